The highest BCUT2D eigenvalue weighted by Gasteiger charge is 2.11. The molecule has 3 heteroatoms. The van der Waals surface area contributed by atoms with Gasteiger partial charge in [0.15, 0.2) is 0 Å². The normalized spacial score (nSPS) is 8.85. The van der Waals surface area contributed by atoms with E-state index in [4.69, 9.17) is 4.74 Å². The van der Waals surface area contributed by atoms with Crippen LogP contribution in [0.2, 0.25) is 0 Å². The number of carbonyl (C=O) groups is 1. The smallest absolute Gasteiger partial charge is 0.409 e. The van der Waals surface area contributed by atoms with Gasteiger partial charge in [0, 0.05) is 13.1 Å². The fraction of sp³-hybridized carbons (Fsp3) is 0.900. The molecule has 0 aromatic rings. The van der Waals surface area contributed by atoms with Gasteiger partial charge in [-0.1, -0.05) is 13.8 Å². The standard InChI is InChI=1S/C8H17NO2.C2H6/c1-5-9(6-2)8(10)11-7(3)4;1-2/h7H,5-6H2,1-4H3;1-2H3. The Morgan fingerprint density at radius 2 is 1.62 bits per heavy atom. The highest BCUT2D eigenvalue weighted by molar-refractivity contribution is 5.67. The topological polar surface area (TPSA) is 29.5 Å². The van der Waals surface area contributed by atoms with Gasteiger partial charge in [-0.3, -0.25) is 0 Å². The maximum atomic E-state index is 11.1. The van der Waals surface area contributed by atoms with Gasteiger partial charge < -0.3 is 9.64 Å². The zero-order chi connectivity index (χ0) is 10.9. The lowest BCUT2D eigenvalue weighted by Gasteiger charge is -2.19. The molecule has 0 unspecified atom stereocenters. The number of ether oxygens (including phenoxy) is 1. The van der Waals surface area contributed by atoms with E-state index in [0.717, 1.165) is 0 Å². The van der Waals surface area contributed by atoms with Crippen LogP contribution >= 0.6 is 0 Å². The fourth-order valence-corrected chi connectivity index (χ4v) is 0.758. The number of hydrogen-bond donors (Lipinski definition) is 0. The quantitative estimate of drug-likeness (QED) is 0.683. The predicted molar refractivity (Wildman–Crippen MR) is 55.9 cm³/mol. The van der Waals surface area contributed by atoms with Crippen LogP contribution in [0.5, 0.6) is 0 Å². The van der Waals surface area contributed by atoms with Crippen molar-refractivity contribution in [2.75, 3.05) is 13.1 Å². The van der Waals surface area contributed by atoms with Crippen molar-refractivity contribution in [1.29, 1.82) is 0 Å². The summed E-state index contributed by atoms with van der Waals surface area (Å²) in [6, 6.07) is 0. The Morgan fingerprint density at radius 3 is 1.85 bits per heavy atom. The van der Waals surface area contributed by atoms with Crippen LogP contribution in [0.15, 0.2) is 0 Å². The molecule has 0 aliphatic carbocycles. The van der Waals surface area contributed by atoms with Crippen molar-refractivity contribution in [2.24, 2.45) is 0 Å². The zero-order valence-corrected chi connectivity index (χ0v) is 9.76. The van der Waals surface area contributed by atoms with Gasteiger partial charge in [0.05, 0.1) is 6.10 Å². The van der Waals surface area contributed by atoms with E-state index in [-0.39, 0.29) is 12.2 Å². The first-order valence-corrected chi connectivity index (χ1v) is 5.07. The van der Waals surface area contributed by atoms with Crippen LogP contribution in [0.25, 0.3) is 0 Å². The molecule has 0 fully saturated rings. The highest BCUT2D eigenvalue weighted by Crippen LogP contribution is 1.96. The van der Waals surface area contributed by atoms with E-state index in [1.165, 1.54) is 0 Å². The molecule has 0 radical (unpaired) electrons. The molecule has 0 aromatic heterocycles. The third-order valence-corrected chi connectivity index (χ3v) is 1.36. The Balaban J connectivity index is 0. The zero-order valence-electron chi connectivity index (χ0n) is 9.76. The molecule has 80 valence electrons. The molecule has 1 amide bonds. The molecule has 0 aliphatic heterocycles. The van der Waals surface area contributed by atoms with Crippen LogP contribution in [-0.4, -0.2) is 30.2 Å². The minimum Gasteiger partial charge on any atom is -0.447 e. The largest absolute Gasteiger partial charge is 0.447 e. The maximum absolute atomic E-state index is 11.1. The first-order chi connectivity index (χ1) is 6.11. The molecule has 0 bridgehead atoms. The summed E-state index contributed by atoms with van der Waals surface area (Å²) in [6.07, 6.45) is -0.243. The average Bonchev–Trinajstić information content (AvgIpc) is 2.08. The molecule has 0 heterocycles. The maximum Gasteiger partial charge on any atom is 0.409 e. The molecule has 0 N–H and O–H groups in total. The van der Waals surface area contributed by atoms with Crippen molar-refractivity contribution in [2.45, 2.75) is 47.6 Å². The molecule has 0 rings (SSSR count). The van der Waals surface area contributed by atoms with Crippen molar-refractivity contribution in [3.63, 3.8) is 0 Å². The number of amides is 1. The number of rotatable bonds is 3. The van der Waals surface area contributed by atoms with E-state index in [9.17, 15) is 4.79 Å². The van der Waals surface area contributed by atoms with E-state index in [1.807, 2.05) is 41.5 Å². The Kier molecular flexibility index (Phi) is 10.6. The summed E-state index contributed by atoms with van der Waals surface area (Å²) in [5.41, 5.74) is 0. The van der Waals surface area contributed by atoms with Crippen LogP contribution < -0.4 is 0 Å². The lowest BCUT2D eigenvalue weighted by atomic mass is 10.5. The molecule has 0 aliphatic rings. The van der Waals surface area contributed by atoms with Crippen LogP contribution in [0.3, 0.4) is 0 Å². The fourth-order valence-electron chi connectivity index (χ4n) is 0.758. The number of hydrogen-bond acceptors (Lipinski definition) is 2. The minimum absolute atomic E-state index is 0.0249. The molecular weight excluding hydrogens is 166 g/mol. The second-order valence-corrected chi connectivity index (χ2v) is 2.60. The monoisotopic (exact) mass is 189 g/mol. The van der Waals surface area contributed by atoms with Gasteiger partial charge in [-0.2, -0.15) is 0 Å². The molecule has 0 saturated heterocycles. The third-order valence-electron chi connectivity index (χ3n) is 1.36. The molecule has 13 heavy (non-hydrogen) atoms. The van der Waals surface area contributed by atoms with Crippen molar-refractivity contribution in [1.82, 2.24) is 4.90 Å². The Bertz CT molecular complexity index is 120. The van der Waals surface area contributed by atoms with Crippen molar-refractivity contribution >= 4 is 6.09 Å². The summed E-state index contributed by atoms with van der Waals surface area (Å²) >= 11 is 0. The van der Waals surface area contributed by atoms with Crippen LogP contribution in [0, 0.1) is 0 Å². The summed E-state index contributed by atoms with van der Waals surface area (Å²) in [5.74, 6) is 0. The second kappa shape index (κ2) is 9.36. The van der Waals surface area contributed by atoms with Crippen molar-refractivity contribution < 1.29 is 9.53 Å². The summed E-state index contributed by atoms with van der Waals surface area (Å²) < 4.78 is 4.98. The van der Waals surface area contributed by atoms with E-state index < -0.39 is 0 Å². The van der Waals surface area contributed by atoms with Gasteiger partial charge in [-0.15, -0.1) is 0 Å². The van der Waals surface area contributed by atoms with Gasteiger partial charge in [0.2, 0.25) is 0 Å². The summed E-state index contributed by atoms with van der Waals surface area (Å²) in [6.45, 7) is 13.0. The van der Waals surface area contributed by atoms with Crippen molar-refractivity contribution in [3.05, 3.63) is 0 Å². The SMILES string of the molecule is CC.CCN(CC)C(=O)OC(C)C. The molecule has 0 aromatic carbocycles. The molecule has 0 atom stereocenters. The van der Waals surface area contributed by atoms with Crippen LogP contribution in [0.1, 0.15) is 41.5 Å². The van der Waals surface area contributed by atoms with Crippen molar-refractivity contribution in [3.8, 4) is 0 Å². The molecule has 0 saturated carbocycles. The number of carbonyl (C=O) groups excluding carboxylic acids is 1. The van der Waals surface area contributed by atoms with Crippen LogP contribution in [0.4, 0.5) is 4.79 Å². The highest BCUT2D eigenvalue weighted by atomic mass is 16.6. The third kappa shape index (κ3) is 7.62. The molecule has 3 nitrogen and oxygen atoms in total. The van der Waals surface area contributed by atoms with Gasteiger partial charge in [-0.25, -0.2) is 4.79 Å². The van der Waals surface area contributed by atoms with Gasteiger partial charge in [0.25, 0.3) is 0 Å². The number of nitrogens with zero attached hydrogens (tertiary/aromatic N) is 1. The van der Waals surface area contributed by atoms with Crippen LogP contribution in [-0.2, 0) is 4.74 Å². The second-order valence-electron chi connectivity index (χ2n) is 2.60. The van der Waals surface area contributed by atoms with Gasteiger partial charge >= 0.3 is 6.09 Å². The summed E-state index contributed by atoms with van der Waals surface area (Å²) in [4.78, 5) is 12.8. The lowest BCUT2D eigenvalue weighted by Crippen LogP contribution is -2.32. The summed E-state index contributed by atoms with van der Waals surface area (Å²) in [5, 5.41) is 0. The predicted octanol–water partition coefficient (Wildman–Crippen LogP) is 2.90. The summed E-state index contributed by atoms with van der Waals surface area (Å²) in [7, 11) is 0. The Morgan fingerprint density at radius 1 is 1.23 bits per heavy atom. The van der Waals surface area contributed by atoms with Gasteiger partial charge in [-0.05, 0) is 27.7 Å². The lowest BCUT2D eigenvalue weighted by molar-refractivity contribution is 0.0799. The first-order valence-electron chi connectivity index (χ1n) is 5.07. The average molecular weight is 189 g/mol. The Labute approximate surface area is 82.1 Å². The Hall–Kier alpha value is -0.730. The van der Waals surface area contributed by atoms with E-state index in [0.29, 0.717) is 13.1 Å². The van der Waals surface area contributed by atoms with E-state index in [2.05, 4.69) is 0 Å². The minimum atomic E-state index is -0.218. The first kappa shape index (κ1) is 14.8. The van der Waals surface area contributed by atoms with E-state index >= 15 is 0 Å². The molecular formula is C10H23NO2. The van der Waals surface area contributed by atoms with Gasteiger partial charge in [0.1, 0.15) is 0 Å². The van der Waals surface area contributed by atoms with E-state index in [1.54, 1.807) is 4.90 Å². The molecule has 0 spiro atoms.